The van der Waals surface area contributed by atoms with Crippen molar-refractivity contribution in [3.63, 3.8) is 0 Å². The van der Waals surface area contributed by atoms with Gasteiger partial charge in [-0.2, -0.15) is 0 Å². The molecule has 0 N–H and O–H groups in total. The Bertz CT molecular complexity index is 677. The van der Waals surface area contributed by atoms with E-state index in [1.165, 1.54) is 7.11 Å². The van der Waals surface area contributed by atoms with Gasteiger partial charge in [-0.3, -0.25) is 4.79 Å². The van der Waals surface area contributed by atoms with Crippen LogP contribution in [0.4, 0.5) is 0 Å². The Morgan fingerprint density at radius 1 is 1.05 bits per heavy atom. The summed E-state index contributed by atoms with van der Waals surface area (Å²) in [5.74, 6) is -0.716. The molecule has 0 spiro atoms. The fraction of sp³-hybridized carbons (Fsp3) is 0.125. The molecule has 0 radical (unpaired) electrons. The topological polar surface area (TPSA) is 43.4 Å². The van der Waals surface area contributed by atoms with E-state index >= 15 is 0 Å². The van der Waals surface area contributed by atoms with E-state index in [0.29, 0.717) is 11.1 Å². The van der Waals surface area contributed by atoms with Gasteiger partial charge in [0, 0.05) is 15.6 Å². The van der Waals surface area contributed by atoms with E-state index in [0.717, 1.165) is 10.0 Å². The number of aryl methyl sites for hydroxylation is 1. The maximum absolute atomic E-state index is 12.5. The minimum Gasteiger partial charge on any atom is -0.465 e. The molecular weight excluding hydrogens is 320 g/mol. The molecule has 0 amide bonds. The number of ketones is 1. The van der Waals surface area contributed by atoms with E-state index in [4.69, 9.17) is 4.74 Å². The summed E-state index contributed by atoms with van der Waals surface area (Å²) < 4.78 is 5.57. The highest BCUT2D eigenvalue weighted by Crippen LogP contribution is 2.21. The number of carbonyl (C=O) groups is 2. The lowest BCUT2D eigenvalue weighted by Crippen LogP contribution is -2.11. The van der Waals surface area contributed by atoms with Crippen LogP contribution in [0, 0.1) is 6.92 Å². The van der Waals surface area contributed by atoms with Crippen molar-refractivity contribution in [3.8, 4) is 0 Å². The zero-order chi connectivity index (χ0) is 14.7. The monoisotopic (exact) mass is 332 g/mol. The molecule has 0 atom stereocenters. The summed E-state index contributed by atoms with van der Waals surface area (Å²) in [6.45, 7) is 1.95. The molecule has 0 heterocycles. The largest absolute Gasteiger partial charge is 0.465 e. The SMILES string of the molecule is COC(=O)c1ccccc1C(=O)c1ccc(C)c(Br)c1. The minimum atomic E-state index is -0.514. The number of hydrogen-bond donors (Lipinski definition) is 0. The van der Waals surface area contributed by atoms with Crippen LogP contribution in [0.1, 0.15) is 31.8 Å². The van der Waals surface area contributed by atoms with Gasteiger partial charge in [0.05, 0.1) is 12.7 Å². The number of rotatable bonds is 3. The molecule has 0 saturated carbocycles. The summed E-state index contributed by atoms with van der Waals surface area (Å²) in [5.41, 5.74) is 2.19. The van der Waals surface area contributed by atoms with Crippen LogP contribution in [0.3, 0.4) is 0 Å². The summed E-state index contributed by atoms with van der Waals surface area (Å²) in [6.07, 6.45) is 0. The molecule has 0 unspecified atom stereocenters. The fourth-order valence-corrected chi connectivity index (χ4v) is 2.24. The first-order valence-corrected chi connectivity index (χ1v) is 6.82. The van der Waals surface area contributed by atoms with Gasteiger partial charge >= 0.3 is 5.97 Å². The first kappa shape index (κ1) is 14.5. The van der Waals surface area contributed by atoms with Gasteiger partial charge in [0.1, 0.15) is 0 Å². The number of esters is 1. The third kappa shape index (κ3) is 2.80. The molecule has 2 rings (SSSR count). The Labute approximate surface area is 125 Å². The van der Waals surface area contributed by atoms with Gasteiger partial charge in [0.2, 0.25) is 0 Å². The predicted molar refractivity (Wildman–Crippen MR) is 80.1 cm³/mol. The van der Waals surface area contributed by atoms with Crippen LogP contribution in [0.25, 0.3) is 0 Å². The summed E-state index contributed by atoms with van der Waals surface area (Å²) in [5, 5.41) is 0. The number of ether oxygens (including phenoxy) is 1. The molecule has 102 valence electrons. The molecule has 0 aromatic heterocycles. The zero-order valence-electron chi connectivity index (χ0n) is 11.1. The van der Waals surface area contributed by atoms with Gasteiger partial charge in [-0.05, 0) is 24.6 Å². The number of carbonyl (C=O) groups excluding carboxylic acids is 2. The Hall–Kier alpha value is -1.94. The maximum atomic E-state index is 12.5. The van der Waals surface area contributed by atoms with E-state index in [-0.39, 0.29) is 11.3 Å². The third-order valence-corrected chi connectivity index (χ3v) is 3.87. The highest BCUT2D eigenvalue weighted by Gasteiger charge is 2.18. The van der Waals surface area contributed by atoms with Crippen molar-refractivity contribution in [2.45, 2.75) is 6.92 Å². The van der Waals surface area contributed by atoms with E-state index in [2.05, 4.69) is 15.9 Å². The standard InChI is InChI=1S/C16H13BrO3/c1-10-7-8-11(9-14(10)17)15(18)12-5-3-4-6-13(12)16(19)20-2/h3-9H,1-2H3. The molecule has 0 saturated heterocycles. The summed E-state index contributed by atoms with van der Waals surface area (Å²) in [6, 6.07) is 12.0. The maximum Gasteiger partial charge on any atom is 0.338 e. The Kier molecular flexibility index (Phi) is 4.35. The van der Waals surface area contributed by atoms with E-state index in [1.807, 2.05) is 13.0 Å². The second-order valence-electron chi connectivity index (χ2n) is 4.33. The van der Waals surface area contributed by atoms with Crippen LogP contribution in [0.5, 0.6) is 0 Å². The molecule has 4 heteroatoms. The van der Waals surface area contributed by atoms with Crippen molar-refractivity contribution in [2.75, 3.05) is 7.11 Å². The molecule has 0 aliphatic heterocycles. The minimum absolute atomic E-state index is 0.202. The highest BCUT2D eigenvalue weighted by molar-refractivity contribution is 9.10. The summed E-state index contributed by atoms with van der Waals surface area (Å²) >= 11 is 3.40. The number of hydrogen-bond acceptors (Lipinski definition) is 3. The van der Waals surface area contributed by atoms with E-state index in [9.17, 15) is 9.59 Å². The van der Waals surface area contributed by atoms with E-state index < -0.39 is 5.97 Å². The van der Waals surface area contributed by atoms with Crippen molar-refractivity contribution in [2.24, 2.45) is 0 Å². The first-order chi connectivity index (χ1) is 9.54. The summed E-state index contributed by atoms with van der Waals surface area (Å²) in [7, 11) is 1.30. The van der Waals surface area contributed by atoms with Gasteiger partial charge in [0.25, 0.3) is 0 Å². The predicted octanol–water partition coefficient (Wildman–Crippen LogP) is 3.78. The second kappa shape index (κ2) is 6.01. The van der Waals surface area contributed by atoms with E-state index in [1.54, 1.807) is 36.4 Å². The molecule has 0 aliphatic rings. The smallest absolute Gasteiger partial charge is 0.338 e. The molecule has 20 heavy (non-hydrogen) atoms. The van der Waals surface area contributed by atoms with Gasteiger partial charge in [-0.1, -0.05) is 46.3 Å². The van der Waals surface area contributed by atoms with Crippen molar-refractivity contribution in [3.05, 3.63) is 69.2 Å². The van der Waals surface area contributed by atoms with Gasteiger partial charge < -0.3 is 4.74 Å². The lowest BCUT2D eigenvalue weighted by atomic mass is 9.98. The van der Waals surface area contributed by atoms with Gasteiger partial charge in [0.15, 0.2) is 5.78 Å². The van der Waals surface area contributed by atoms with Crippen molar-refractivity contribution < 1.29 is 14.3 Å². The quantitative estimate of drug-likeness (QED) is 0.634. The summed E-state index contributed by atoms with van der Waals surface area (Å²) in [4.78, 5) is 24.2. The molecule has 2 aromatic rings. The lowest BCUT2D eigenvalue weighted by molar-refractivity contribution is 0.0597. The van der Waals surface area contributed by atoms with Crippen LogP contribution in [-0.2, 0) is 4.74 Å². The van der Waals surface area contributed by atoms with Crippen LogP contribution in [-0.4, -0.2) is 18.9 Å². The average Bonchev–Trinajstić information content (AvgIpc) is 2.48. The van der Waals surface area contributed by atoms with Crippen LogP contribution in [0.15, 0.2) is 46.9 Å². The molecule has 3 nitrogen and oxygen atoms in total. The highest BCUT2D eigenvalue weighted by atomic mass is 79.9. The molecule has 0 bridgehead atoms. The molecule has 0 aliphatic carbocycles. The Balaban J connectivity index is 2.48. The number of halogens is 1. The first-order valence-electron chi connectivity index (χ1n) is 6.02. The van der Waals surface area contributed by atoms with Crippen molar-refractivity contribution in [1.82, 2.24) is 0 Å². The molecule has 0 fully saturated rings. The van der Waals surface area contributed by atoms with Crippen LogP contribution in [0.2, 0.25) is 0 Å². The number of benzene rings is 2. The lowest BCUT2D eigenvalue weighted by Gasteiger charge is -2.08. The number of methoxy groups -OCH3 is 1. The molecular formula is C16H13BrO3. The normalized spacial score (nSPS) is 10.2. The fourth-order valence-electron chi connectivity index (χ4n) is 1.86. The van der Waals surface area contributed by atoms with Gasteiger partial charge in [-0.15, -0.1) is 0 Å². The zero-order valence-corrected chi connectivity index (χ0v) is 12.7. The second-order valence-corrected chi connectivity index (χ2v) is 5.18. The average molecular weight is 333 g/mol. The third-order valence-electron chi connectivity index (χ3n) is 3.01. The van der Waals surface area contributed by atoms with Gasteiger partial charge in [-0.25, -0.2) is 4.79 Å². The van der Waals surface area contributed by atoms with Crippen molar-refractivity contribution in [1.29, 1.82) is 0 Å². The van der Waals surface area contributed by atoms with Crippen LogP contribution >= 0.6 is 15.9 Å². The molecule has 2 aromatic carbocycles. The van der Waals surface area contributed by atoms with Crippen LogP contribution < -0.4 is 0 Å². The Morgan fingerprint density at radius 2 is 1.70 bits per heavy atom. The Morgan fingerprint density at radius 3 is 2.30 bits per heavy atom. The van der Waals surface area contributed by atoms with Crippen molar-refractivity contribution >= 4 is 27.7 Å².